The molecule has 0 unspecified atom stereocenters. The Kier molecular flexibility index (Phi) is 4.98. The van der Waals surface area contributed by atoms with Gasteiger partial charge in [0.15, 0.2) is 0 Å². The molecular weight excluding hydrogens is 256 g/mol. The number of aromatic nitrogens is 2. The average molecular weight is 270 g/mol. The molecule has 1 amide bonds. The van der Waals surface area contributed by atoms with Gasteiger partial charge in [-0.05, 0) is 6.42 Å². The predicted molar refractivity (Wildman–Crippen MR) is 63.4 cm³/mol. The number of carbonyl (C=O) groups is 2. The predicted octanol–water partition coefficient (Wildman–Crippen LogP) is 0.161. The highest BCUT2D eigenvalue weighted by molar-refractivity contribution is 5.83. The third-order valence-corrected chi connectivity index (χ3v) is 2.35. The van der Waals surface area contributed by atoms with Crippen molar-refractivity contribution in [1.29, 1.82) is 0 Å². The monoisotopic (exact) mass is 270 g/mol. The molecule has 0 aliphatic rings. The smallest absolute Gasteiger partial charge is 0.326 e. The molecule has 1 heterocycles. The zero-order chi connectivity index (χ0) is 14.4. The van der Waals surface area contributed by atoms with Gasteiger partial charge < -0.3 is 10.4 Å². The van der Waals surface area contributed by atoms with Crippen molar-refractivity contribution >= 4 is 17.6 Å². The third kappa shape index (κ3) is 4.37. The number of nitrogens with zero attached hydrogens (tertiary/aromatic N) is 3. The van der Waals surface area contributed by atoms with E-state index < -0.39 is 22.8 Å². The van der Waals surface area contributed by atoms with Crippen LogP contribution < -0.4 is 5.32 Å². The van der Waals surface area contributed by atoms with Gasteiger partial charge >= 0.3 is 11.7 Å². The normalized spacial score (nSPS) is 11.8. The van der Waals surface area contributed by atoms with Crippen LogP contribution in [-0.2, 0) is 16.1 Å². The Balaban J connectivity index is 2.58. The van der Waals surface area contributed by atoms with Crippen molar-refractivity contribution < 1.29 is 19.6 Å². The van der Waals surface area contributed by atoms with Crippen LogP contribution in [-0.4, -0.2) is 37.7 Å². The van der Waals surface area contributed by atoms with Gasteiger partial charge in [-0.25, -0.2) is 4.79 Å². The first-order chi connectivity index (χ1) is 8.93. The van der Waals surface area contributed by atoms with Gasteiger partial charge in [0, 0.05) is 0 Å². The van der Waals surface area contributed by atoms with Crippen LogP contribution >= 0.6 is 0 Å². The van der Waals surface area contributed by atoms with Gasteiger partial charge in [0.25, 0.3) is 0 Å². The van der Waals surface area contributed by atoms with Crippen LogP contribution in [0.15, 0.2) is 12.4 Å². The highest BCUT2D eigenvalue weighted by Gasteiger charge is 2.19. The minimum Gasteiger partial charge on any atom is -0.480 e. The first-order valence-corrected chi connectivity index (χ1v) is 5.63. The van der Waals surface area contributed by atoms with Crippen LogP contribution in [0.25, 0.3) is 0 Å². The highest BCUT2D eigenvalue weighted by atomic mass is 16.6. The molecule has 1 aromatic rings. The van der Waals surface area contributed by atoms with Gasteiger partial charge in [-0.1, -0.05) is 13.3 Å². The highest BCUT2D eigenvalue weighted by Crippen LogP contribution is 2.07. The first kappa shape index (κ1) is 14.6. The van der Waals surface area contributed by atoms with Gasteiger partial charge in [-0.2, -0.15) is 5.10 Å². The fraction of sp³-hybridized carbons (Fsp3) is 0.500. The van der Waals surface area contributed by atoms with Crippen LogP contribution in [0.5, 0.6) is 0 Å². The molecule has 0 saturated heterocycles. The van der Waals surface area contributed by atoms with Crippen molar-refractivity contribution in [2.75, 3.05) is 0 Å². The Labute approximate surface area is 108 Å². The van der Waals surface area contributed by atoms with Crippen molar-refractivity contribution in [3.8, 4) is 0 Å². The molecule has 1 atom stereocenters. The lowest BCUT2D eigenvalue weighted by Crippen LogP contribution is -2.42. The summed E-state index contributed by atoms with van der Waals surface area (Å²) in [5.41, 5.74) is -0.226. The molecule has 0 aromatic carbocycles. The summed E-state index contributed by atoms with van der Waals surface area (Å²) >= 11 is 0. The minimum absolute atomic E-state index is 0.226. The summed E-state index contributed by atoms with van der Waals surface area (Å²) in [5, 5.41) is 25.3. The number of carboxylic acid groups (broad SMARTS) is 1. The van der Waals surface area contributed by atoms with E-state index in [2.05, 4.69) is 10.4 Å². The molecule has 1 rings (SSSR count). The quantitative estimate of drug-likeness (QED) is 0.536. The van der Waals surface area contributed by atoms with Crippen LogP contribution in [0.1, 0.15) is 19.8 Å². The first-order valence-electron chi connectivity index (χ1n) is 5.63. The molecule has 0 saturated carbocycles. The summed E-state index contributed by atoms with van der Waals surface area (Å²) in [5.74, 6) is -1.67. The van der Waals surface area contributed by atoms with Crippen LogP contribution in [0, 0.1) is 10.1 Å². The van der Waals surface area contributed by atoms with Crippen molar-refractivity contribution in [2.24, 2.45) is 0 Å². The van der Waals surface area contributed by atoms with Crippen molar-refractivity contribution in [3.05, 3.63) is 22.5 Å². The molecule has 104 valence electrons. The number of hydrogen-bond acceptors (Lipinski definition) is 5. The summed E-state index contributed by atoms with van der Waals surface area (Å²) in [7, 11) is 0. The Morgan fingerprint density at radius 1 is 1.63 bits per heavy atom. The zero-order valence-electron chi connectivity index (χ0n) is 10.3. The number of aliphatic carboxylic acids is 1. The van der Waals surface area contributed by atoms with E-state index in [1.165, 1.54) is 0 Å². The summed E-state index contributed by atoms with van der Waals surface area (Å²) in [6, 6.07) is -0.956. The maximum atomic E-state index is 11.6. The zero-order valence-corrected chi connectivity index (χ0v) is 10.3. The van der Waals surface area contributed by atoms with Gasteiger partial charge in [-0.15, -0.1) is 0 Å². The second kappa shape index (κ2) is 6.47. The second-order valence-corrected chi connectivity index (χ2v) is 3.90. The van der Waals surface area contributed by atoms with Crippen LogP contribution in [0.4, 0.5) is 5.69 Å². The summed E-state index contributed by atoms with van der Waals surface area (Å²) in [4.78, 5) is 32.2. The number of rotatable bonds is 7. The third-order valence-electron chi connectivity index (χ3n) is 2.35. The molecule has 0 aliphatic carbocycles. The van der Waals surface area contributed by atoms with Crippen molar-refractivity contribution in [3.63, 3.8) is 0 Å². The summed E-state index contributed by atoms with van der Waals surface area (Å²) in [6.07, 6.45) is 3.06. The van der Waals surface area contributed by atoms with E-state index in [0.29, 0.717) is 12.8 Å². The number of hydrogen-bond donors (Lipinski definition) is 2. The van der Waals surface area contributed by atoms with Gasteiger partial charge in [0.05, 0.1) is 4.92 Å². The Bertz CT molecular complexity index is 484. The lowest BCUT2D eigenvalue weighted by Gasteiger charge is -2.13. The number of carboxylic acids is 1. The fourth-order valence-electron chi connectivity index (χ4n) is 1.47. The second-order valence-electron chi connectivity index (χ2n) is 3.90. The molecule has 19 heavy (non-hydrogen) atoms. The van der Waals surface area contributed by atoms with E-state index in [1.54, 1.807) is 6.92 Å². The Morgan fingerprint density at radius 2 is 2.32 bits per heavy atom. The molecule has 2 N–H and O–H groups in total. The van der Waals surface area contributed by atoms with E-state index in [-0.39, 0.29) is 12.2 Å². The largest absolute Gasteiger partial charge is 0.480 e. The molecule has 0 radical (unpaired) electrons. The molecule has 9 heteroatoms. The molecule has 0 aliphatic heterocycles. The van der Waals surface area contributed by atoms with Crippen LogP contribution in [0.2, 0.25) is 0 Å². The lowest BCUT2D eigenvalue weighted by molar-refractivity contribution is -0.385. The topological polar surface area (TPSA) is 127 Å². The van der Waals surface area contributed by atoms with Gasteiger partial charge in [0.2, 0.25) is 5.91 Å². The standard InChI is InChI=1S/C10H14N4O5/c1-2-3-8(10(16)17)12-9(15)6-13-5-7(4-11-13)14(18)19/h4-5,8H,2-3,6H2,1H3,(H,12,15)(H,16,17)/t8-/m1/s1. The number of carbonyl (C=O) groups excluding carboxylic acids is 1. The van der Waals surface area contributed by atoms with Crippen molar-refractivity contribution in [1.82, 2.24) is 15.1 Å². The average Bonchev–Trinajstić information content (AvgIpc) is 2.76. The number of nitrogens with one attached hydrogen (secondary N) is 1. The molecule has 0 spiro atoms. The molecular formula is C10H14N4O5. The molecule has 1 aromatic heterocycles. The Hall–Kier alpha value is -2.45. The lowest BCUT2D eigenvalue weighted by atomic mass is 10.1. The van der Waals surface area contributed by atoms with Crippen LogP contribution in [0.3, 0.4) is 0 Å². The maximum Gasteiger partial charge on any atom is 0.326 e. The Morgan fingerprint density at radius 3 is 2.79 bits per heavy atom. The molecule has 0 bridgehead atoms. The molecule has 9 nitrogen and oxygen atoms in total. The summed E-state index contributed by atoms with van der Waals surface area (Å²) < 4.78 is 1.08. The van der Waals surface area contributed by atoms with E-state index in [1.807, 2.05) is 0 Å². The number of amides is 1. The maximum absolute atomic E-state index is 11.6. The van der Waals surface area contributed by atoms with Gasteiger partial charge in [-0.3, -0.25) is 19.6 Å². The minimum atomic E-state index is -1.11. The van der Waals surface area contributed by atoms with E-state index >= 15 is 0 Å². The van der Waals surface area contributed by atoms with E-state index in [9.17, 15) is 19.7 Å². The summed E-state index contributed by atoms with van der Waals surface area (Å²) in [6.45, 7) is 1.54. The number of nitro groups is 1. The fourth-order valence-corrected chi connectivity index (χ4v) is 1.47. The van der Waals surface area contributed by atoms with Gasteiger partial charge in [0.1, 0.15) is 25.0 Å². The van der Waals surface area contributed by atoms with E-state index in [0.717, 1.165) is 17.1 Å². The van der Waals surface area contributed by atoms with Crippen molar-refractivity contribution in [2.45, 2.75) is 32.4 Å². The van der Waals surface area contributed by atoms with E-state index in [4.69, 9.17) is 5.11 Å². The molecule has 0 fully saturated rings. The SMILES string of the molecule is CCC[C@@H](NC(=O)Cn1cc([N+](=O)[O-])cn1)C(=O)O.